The molecule has 0 saturated heterocycles. The first-order valence-electron chi connectivity index (χ1n) is 4.83. The minimum Gasteiger partial charge on any atom is -0.481 e. The molecule has 0 aromatic heterocycles. The molecule has 0 rings (SSSR count). The van der Waals surface area contributed by atoms with E-state index >= 15 is 0 Å². The van der Waals surface area contributed by atoms with Crippen LogP contribution in [0.25, 0.3) is 0 Å². The molecule has 8 heteroatoms. The molecule has 0 aliphatic heterocycles. The average Bonchev–Trinajstić information content (AvgIpc) is 2.08. The van der Waals surface area contributed by atoms with Gasteiger partial charge in [-0.15, -0.1) is 0 Å². The van der Waals surface area contributed by atoms with Gasteiger partial charge in [0.25, 0.3) is 5.41 Å². The average molecular weight is 262 g/mol. The van der Waals surface area contributed by atoms with Gasteiger partial charge >= 0.3 is 23.9 Å². The van der Waals surface area contributed by atoms with Crippen LogP contribution in [-0.2, 0) is 19.2 Å². The Labute approximate surface area is 102 Å². The molecule has 18 heavy (non-hydrogen) atoms. The zero-order valence-electron chi connectivity index (χ0n) is 10.00. The quantitative estimate of drug-likeness (QED) is 0.504. The molecule has 1 atom stereocenters. The Morgan fingerprint density at radius 3 is 1.11 bits per heavy atom. The molecule has 0 aliphatic carbocycles. The fourth-order valence-electron chi connectivity index (χ4n) is 1.85. The zero-order valence-corrected chi connectivity index (χ0v) is 10.00. The number of aliphatic carboxylic acids is 4. The number of hydrogen-bond donors (Lipinski definition) is 4. The monoisotopic (exact) mass is 262 g/mol. The van der Waals surface area contributed by atoms with Crippen molar-refractivity contribution in [2.45, 2.75) is 20.8 Å². The molecule has 0 radical (unpaired) electrons. The predicted molar refractivity (Wildman–Crippen MR) is 55.9 cm³/mol. The summed E-state index contributed by atoms with van der Waals surface area (Å²) in [5, 5.41) is 35.8. The molecule has 8 nitrogen and oxygen atoms in total. The summed E-state index contributed by atoms with van der Waals surface area (Å²) in [4.78, 5) is 44.3. The number of hydrogen-bond acceptors (Lipinski definition) is 4. The van der Waals surface area contributed by atoms with Crippen molar-refractivity contribution in [2.75, 3.05) is 0 Å². The van der Waals surface area contributed by atoms with Crippen LogP contribution in [0.4, 0.5) is 0 Å². The molecule has 0 spiro atoms. The van der Waals surface area contributed by atoms with Crippen LogP contribution < -0.4 is 0 Å². The van der Waals surface area contributed by atoms with Gasteiger partial charge in [-0.2, -0.15) is 0 Å². The number of carboxylic acids is 4. The van der Waals surface area contributed by atoms with Crippen LogP contribution in [0.1, 0.15) is 20.8 Å². The molecule has 102 valence electrons. The van der Waals surface area contributed by atoms with Gasteiger partial charge in [-0.3, -0.25) is 19.2 Å². The first kappa shape index (κ1) is 15.9. The lowest BCUT2D eigenvalue weighted by atomic mass is 9.63. The third-order valence-corrected chi connectivity index (χ3v) is 2.56. The minimum atomic E-state index is -3.43. The van der Waals surface area contributed by atoms with E-state index in [1.165, 1.54) is 20.8 Å². The van der Waals surface area contributed by atoms with Crippen LogP contribution in [0.2, 0.25) is 0 Å². The molecule has 0 aliphatic rings. The van der Waals surface area contributed by atoms with E-state index in [1.54, 1.807) is 0 Å². The minimum absolute atomic E-state index is 1.26. The molecule has 0 aromatic carbocycles. The summed E-state index contributed by atoms with van der Waals surface area (Å²) in [6.45, 7) is 3.78. The predicted octanol–water partition coefficient (Wildman–Crippen LogP) is -0.0265. The molecule has 0 heterocycles. The Morgan fingerprint density at radius 1 is 0.778 bits per heavy atom. The fraction of sp³-hybridized carbons (Fsp3) is 0.600. The maximum absolute atomic E-state index is 11.1. The van der Waals surface area contributed by atoms with Crippen molar-refractivity contribution in [1.29, 1.82) is 0 Å². The second-order valence-corrected chi connectivity index (χ2v) is 4.86. The van der Waals surface area contributed by atoms with Gasteiger partial charge in [0.15, 0.2) is 0 Å². The molecule has 1 unspecified atom stereocenters. The van der Waals surface area contributed by atoms with Crippen LogP contribution >= 0.6 is 0 Å². The lowest BCUT2D eigenvalue weighted by molar-refractivity contribution is -0.190. The molecule has 0 aromatic rings. The van der Waals surface area contributed by atoms with Gasteiger partial charge in [0.1, 0.15) is 0 Å². The van der Waals surface area contributed by atoms with Crippen molar-refractivity contribution in [3.63, 3.8) is 0 Å². The van der Waals surface area contributed by atoms with Gasteiger partial charge in [-0.1, -0.05) is 20.8 Å². The summed E-state index contributed by atoms with van der Waals surface area (Å²) < 4.78 is 0. The summed E-state index contributed by atoms with van der Waals surface area (Å²) in [7, 11) is 0. The largest absolute Gasteiger partial charge is 0.481 e. The van der Waals surface area contributed by atoms with E-state index in [-0.39, 0.29) is 0 Å². The Hall–Kier alpha value is -2.12. The van der Waals surface area contributed by atoms with E-state index in [0.717, 1.165) is 0 Å². The summed E-state index contributed by atoms with van der Waals surface area (Å²) in [5.41, 5.74) is -4.80. The highest BCUT2D eigenvalue weighted by Gasteiger charge is 2.66. The lowest BCUT2D eigenvalue weighted by Gasteiger charge is -2.35. The summed E-state index contributed by atoms with van der Waals surface area (Å²) >= 11 is 0. The van der Waals surface area contributed by atoms with Crippen molar-refractivity contribution >= 4 is 23.9 Å². The van der Waals surface area contributed by atoms with E-state index in [0.29, 0.717) is 0 Å². The van der Waals surface area contributed by atoms with Crippen LogP contribution in [0.5, 0.6) is 0 Å². The Bertz CT molecular complexity index is 367. The highest BCUT2D eigenvalue weighted by molar-refractivity contribution is 6.19. The molecule has 4 N–H and O–H groups in total. The van der Waals surface area contributed by atoms with Gasteiger partial charge in [0.05, 0.1) is 5.92 Å². The smallest absolute Gasteiger partial charge is 0.333 e. The second kappa shape index (κ2) is 4.63. The van der Waals surface area contributed by atoms with Gasteiger partial charge in [0.2, 0.25) is 0 Å². The third-order valence-electron chi connectivity index (χ3n) is 2.56. The van der Waals surface area contributed by atoms with Gasteiger partial charge in [-0.25, -0.2) is 0 Å². The zero-order chi connectivity index (χ0) is 14.9. The number of carboxylic acid groups (broad SMARTS) is 4. The molecule has 0 fully saturated rings. The van der Waals surface area contributed by atoms with Crippen molar-refractivity contribution in [3.05, 3.63) is 0 Å². The van der Waals surface area contributed by atoms with Crippen molar-refractivity contribution in [3.8, 4) is 0 Å². The highest BCUT2D eigenvalue weighted by atomic mass is 16.4. The van der Waals surface area contributed by atoms with Crippen LogP contribution in [0.3, 0.4) is 0 Å². The normalized spacial score (nSPS) is 13.7. The third kappa shape index (κ3) is 2.27. The molecular formula is C10H14O8. The maximum Gasteiger partial charge on any atom is 0.333 e. The summed E-state index contributed by atoms with van der Waals surface area (Å²) in [5.74, 6) is -10.6. The van der Waals surface area contributed by atoms with E-state index in [2.05, 4.69) is 0 Å². The van der Waals surface area contributed by atoms with E-state index in [1.807, 2.05) is 0 Å². The Balaban J connectivity index is 6.31. The second-order valence-electron chi connectivity index (χ2n) is 4.86. The van der Waals surface area contributed by atoms with Gasteiger partial charge in [0, 0.05) is 0 Å². The Kier molecular flexibility index (Phi) is 4.09. The van der Waals surface area contributed by atoms with Crippen molar-refractivity contribution in [1.82, 2.24) is 0 Å². The van der Waals surface area contributed by atoms with E-state index in [4.69, 9.17) is 20.4 Å². The molecule has 0 amide bonds. The summed E-state index contributed by atoms with van der Waals surface area (Å²) in [6.07, 6.45) is 0. The highest BCUT2D eigenvalue weighted by Crippen LogP contribution is 2.42. The molecule has 0 bridgehead atoms. The summed E-state index contributed by atoms with van der Waals surface area (Å²) in [6, 6.07) is 0. The topological polar surface area (TPSA) is 149 Å². The lowest BCUT2D eigenvalue weighted by Crippen LogP contribution is -2.58. The van der Waals surface area contributed by atoms with Crippen LogP contribution in [0.15, 0.2) is 0 Å². The van der Waals surface area contributed by atoms with Crippen molar-refractivity contribution < 1.29 is 39.6 Å². The maximum atomic E-state index is 11.1. The molecule has 0 saturated carbocycles. The Morgan fingerprint density at radius 2 is 1.06 bits per heavy atom. The van der Waals surface area contributed by atoms with E-state index in [9.17, 15) is 19.2 Å². The van der Waals surface area contributed by atoms with Crippen molar-refractivity contribution in [2.24, 2.45) is 16.7 Å². The fourth-order valence-corrected chi connectivity index (χ4v) is 1.85. The first-order valence-corrected chi connectivity index (χ1v) is 4.83. The molecular weight excluding hydrogens is 248 g/mol. The van der Waals surface area contributed by atoms with Crippen LogP contribution in [0, 0.1) is 16.7 Å². The van der Waals surface area contributed by atoms with E-state index < -0.39 is 40.6 Å². The number of carbonyl (C=O) groups is 4. The van der Waals surface area contributed by atoms with Gasteiger partial charge in [-0.05, 0) is 5.41 Å². The SMILES string of the molecule is CC(C)(C)C(C(=O)O)C(C(=O)O)(C(=O)O)C(=O)O. The van der Waals surface area contributed by atoms with Gasteiger partial charge < -0.3 is 20.4 Å². The first-order chi connectivity index (χ1) is 7.90. The standard InChI is InChI=1S/C10H14O8/c1-9(2,3)4(5(11)12)10(6(13)14,7(15)16)8(17)18/h4H,1-3H3,(H,11,12)(H,13,14)(H,15,16)(H,17,18). The number of rotatable bonds is 5. The van der Waals surface area contributed by atoms with Crippen LogP contribution in [-0.4, -0.2) is 44.3 Å².